The van der Waals surface area contributed by atoms with Crippen LogP contribution >= 0.6 is 0 Å². The zero-order valence-corrected chi connectivity index (χ0v) is 22.4. The van der Waals surface area contributed by atoms with E-state index in [1.165, 1.54) is 0 Å². The normalized spacial score (nSPS) is 12.8. The molecule has 0 aromatic heterocycles. The van der Waals surface area contributed by atoms with Gasteiger partial charge in [0.05, 0.1) is 13.2 Å². The van der Waals surface area contributed by atoms with Crippen LogP contribution in [0.3, 0.4) is 0 Å². The fraction of sp³-hybridized carbons (Fsp3) is 0.273. The van der Waals surface area contributed by atoms with Crippen LogP contribution in [0.15, 0.2) is 109 Å². The van der Waals surface area contributed by atoms with Crippen LogP contribution in [0.2, 0.25) is 0 Å². The van der Waals surface area contributed by atoms with Gasteiger partial charge in [0.15, 0.2) is 0 Å². The Balaban J connectivity index is 1.24. The highest BCUT2D eigenvalue weighted by molar-refractivity contribution is 5.42. The number of ether oxygens (including phenoxy) is 4. The largest absolute Gasteiger partial charge is 0.493 e. The van der Waals surface area contributed by atoms with Crippen molar-refractivity contribution in [3.05, 3.63) is 120 Å². The molecule has 0 aliphatic rings. The van der Waals surface area contributed by atoms with Gasteiger partial charge in [-0.1, -0.05) is 74.5 Å². The second-order valence-corrected chi connectivity index (χ2v) is 9.72. The SMILES string of the molecule is CC(C)(c1ccc(OC(O)CCOc2ccccc2)cc1)c1ccc(OC(O)CCOc2ccccc2)cc1. The first kappa shape index (κ1) is 28.0. The summed E-state index contributed by atoms with van der Waals surface area (Å²) >= 11 is 0. The summed E-state index contributed by atoms with van der Waals surface area (Å²) in [7, 11) is 0. The summed E-state index contributed by atoms with van der Waals surface area (Å²) in [4.78, 5) is 0. The highest BCUT2D eigenvalue weighted by Crippen LogP contribution is 2.33. The lowest BCUT2D eigenvalue weighted by atomic mass is 9.78. The molecular formula is C33H36O6. The van der Waals surface area contributed by atoms with Crippen molar-refractivity contribution in [1.29, 1.82) is 0 Å². The third-order valence-electron chi connectivity index (χ3n) is 6.45. The minimum absolute atomic E-state index is 0.276. The molecular weight excluding hydrogens is 492 g/mol. The van der Waals surface area contributed by atoms with Gasteiger partial charge in [0.2, 0.25) is 12.6 Å². The summed E-state index contributed by atoms with van der Waals surface area (Å²) in [6.07, 6.45) is -1.21. The molecule has 4 aromatic rings. The van der Waals surface area contributed by atoms with Gasteiger partial charge in [-0.25, -0.2) is 0 Å². The van der Waals surface area contributed by atoms with Gasteiger partial charge in [0.25, 0.3) is 0 Å². The molecule has 0 bridgehead atoms. The van der Waals surface area contributed by atoms with E-state index in [4.69, 9.17) is 18.9 Å². The Morgan fingerprint density at radius 2 is 0.872 bits per heavy atom. The highest BCUT2D eigenvalue weighted by atomic mass is 16.6. The quantitative estimate of drug-likeness (QED) is 0.186. The Hall–Kier alpha value is -4.00. The van der Waals surface area contributed by atoms with Crippen LogP contribution in [-0.4, -0.2) is 36.0 Å². The number of hydrogen-bond acceptors (Lipinski definition) is 6. The average molecular weight is 529 g/mol. The summed E-state index contributed by atoms with van der Waals surface area (Å²) < 4.78 is 22.6. The minimum Gasteiger partial charge on any atom is -0.493 e. The van der Waals surface area contributed by atoms with Crippen LogP contribution < -0.4 is 18.9 Å². The van der Waals surface area contributed by atoms with E-state index < -0.39 is 12.6 Å². The molecule has 4 rings (SSSR count). The van der Waals surface area contributed by atoms with Crippen LogP contribution in [0, 0.1) is 0 Å². The molecule has 0 radical (unpaired) electrons. The van der Waals surface area contributed by atoms with Crippen molar-refractivity contribution < 1.29 is 29.2 Å². The molecule has 0 heterocycles. The van der Waals surface area contributed by atoms with Gasteiger partial charge in [-0.05, 0) is 59.7 Å². The van der Waals surface area contributed by atoms with Gasteiger partial charge in [0, 0.05) is 18.3 Å². The van der Waals surface area contributed by atoms with Crippen molar-refractivity contribution in [3.8, 4) is 23.0 Å². The minimum atomic E-state index is -0.958. The lowest BCUT2D eigenvalue weighted by molar-refractivity contribution is -0.0312. The number of aliphatic hydroxyl groups excluding tert-OH is 2. The number of rotatable bonds is 14. The fourth-order valence-electron chi connectivity index (χ4n) is 4.09. The van der Waals surface area contributed by atoms with Gasteiger partial charge in [0.1, 0.15) is 23.0 Å². The molecule has 2 unspecified atom stereocenters. The molecule has 0 amide bonds. The van der Waals surface area contributed by atoms with Gasteiger partial charge in [-0.15, -0.1) is 0 Å². The Labute approximate surface area is 230 Å². The molecule has 2 atom stereocenters. The van der Waals surface area contributed by atoms with Crippen LogP contribution in [0.5, 0.6) is 23.0 Å². The van der Waals surface area contributed by atoms with Crippen LogP contribution in [0.1, 0.15) is 37.8 Å². The van der Waals surface area contributed by atoms with E-state index in [-0.39, 0.29) is 5.41 Å². The summed E-state index contributed by atoms with van der Waals surface area (Å²) in [6, 6.07) is 34.5. The second kappa shape index (κ2) is 13.7. The maximum absolute atomic E-state index is 10.2. The fourth-order valence-corrected chi connectivity index (χ4v) is 4.09. The third-order valence-corrected chi connectivity index (χ3v) is 6.45. The van der Waals surface area contributed by atoms with Crippen LogP contribution in [0.4, 0.5) is 0 Å². The molecule has 0 aliphatic carbocycles. The first-order valence-corrected chi connectivity index (χ1v) is 13.2. The number of benzene rings is 4. The first-order valence-electron chi connectivity index (χ1n) is 13.2. The van der Waals surface area contributed by atoms with Gasteiger partial charge >= 0.3 is 0 Å². The number of aliphatic hydroxyl groups is 2. The van der Waals surface area contributed by atoms with E-state index in [1.807, 2.05) is 109 Å². The zero-order chi connectivity index (χ0) is 27.5. The topological polar surface area (TPSA) is 77.4 Å². The van der Waals surface area contributed by atoms with E-state index in [1.54, 1.807) is 0 Å². The predicted molar refractivity (Wildman–Crippen MR) is 151 cm³/mol. The smallest absolute Gasteiger partial charge is 0.200 e. The van der Waals surface area contributed by atoms with Crippen molar-refractivity contribution in [2.45, 2.75) is 44.7 Å². The van der Waals surface area contributed by atoms with Crippen molar-refractivity contribution >= 4 is 0 Å². The predicted octanol–water partition coefficient (Wildman–Crippen LogP) is 6.35. The molecule has 4 aromatic carbocycles. The van der Waals surface area contributed by atoms with E-state index in [0.717, 1.165) is 22.6 Å². The molecule has 2 N–H and O–H groups in total. The Morgan fingerprint density at radius 3 is 1.23 bits per heavy atom. The van der Waals surface area contributed by atoms with Gasteiger partial charge < -0.3 is 29.2 Å². The molecule has 0 saturated heterocycles. The molecule has 6 nitrogen and oxygen atoms in total. The van der Waals surface area contributed by atoms with E-state index >= 15 is 0 Å². The second-order valence-electron chi connectivity index (χ2n) is 9.72. The molecule has 0 saturated carbocycles. The number of para-hydroxylation sites is 2. The first-order chi connectivity index (χ1) is 18.9. The summed E-state index contributed by atoms with van der Waals surface area (Å²) in [6.45, 7) is 5.00. The van der Waals surface area contributed by atoms with Crippen molar-refractivity contribution in [2.24, 2.45) is 0 Å². The van der Waals surface area contributed by atoms with E-state index in [2.05, 4.69) is 13.8 Å². The molecule has 0 aliphatic heterocycles. The Morgan fingerprint density at radius 1 is 0.513 bits per heavy atom. The summed E-state index contributed by atoms with van der Waals surface area (Å²) in [5.41, 5.74) is 1.92. The van der Waals surface area contributed by atoms with Crippen LogP contribution in [-0.2, 0) is 5.41 Å². The number of hydrogen-bond donors (Lipinski definition) is 2. The lowest BCUT2D eigenvalue weighted by Crippen LogP contribution is -2.21. The van der Waals surface area contributed by atoms with E-state index in [9.17, 15) is 10.2 Å². The molecule has 0 fully saturated rings. The Kier molecular flexibility index (Phi) is 9.84. The monoisotopic (exact) mass is 528 g/mol. The lowest BCUT2D eigenvalue weighted by Gasteiger charge is -2.27. The van der Waals surface area contributed by atoms with Crippen LogP contribution in [0.25, 0.3) is 0 Å². The third kappa shape index (κ3) is 8.50. The highest BCUT2D eigenvalue weighted by Gasteiger charge is 2.23. The maximum Gasteiger partial charge on any atom is 0.200 e. The van der Waals surface area contributed by atoms with Crippen molar-refractivity contribution in [2.75, 3.05) is 13.2 Å². The van der Waals surface area contributed by atoms with E-state index in [0.29, 0.717) is 37.6 Å². The molecule has 204 valence electrons. The summed E-state index contributed by atoms with van der Waals surface area (Å²) in [5.74, 6) is 2.72. The van der Waals surface area contributed by atoms with Crippen molar-refractivity contribution in [1.82, 2.24) is 0 Å². The molecule has 6 heteroatoms. The standard InChI is InChI=1S/C33H36O6/c1-33(2,25-13-17-29(18-14-25)38-31(34)21-23-36-27-9-5-3-6-10-27)26-15-19-30(20-16-26)39-32(35)22-24-37-28-11-7-4-8-12-28/h3-20,31-32,34-35H,21-24H2,1-2H3. The van der Waals surface area contributed by atoms with Gasteiger partial charge in [-0.3, -0.25) is 0 Å². The molecule has 0 spiro atoms. The Bertz CT molecular complexity index is 1140. The zero-order valence-electron chi connectivity index (χ0n) is 22.4. The maximum atomic E-state index is 10.2. The average Bonchev–Trinajstić information content (AvgIpc) is 2.95. The summed E-state index contributed by atoms with van der Waals surface area (Å²) in [5, 5.41) is 20.5. The van der Waals surface area contributed by atoms with Gasteiger partial charge in [-0.2, -0.15) is 0 Å². The van der Waals surface area contributed by atoms with Crippen molar-refractivity contribution in [3.63, 3.8) is 0 Å². The molecule has 39 heavy (non-hydrogen) atoms.